The topological polar surface area (TPSA) is 70.6 Å². The zero-order valence-corrected chi connectivity index (χ0v) is 11.4. The molecule has 1 rings (SSSR count). The Morgan fingerprint density at radius 1 is 1.47 bits per heavy atom. The summed E-state index contributed by atoms with van der Waals surface area (Å²) in [6.07, 6.45) is 4.62. The zero-order chi connectivity index (χ0) is 12.9. The lowest BCUT2D eigenvalue weighted by Crippen LogP contribution is -2.32. The van der Waals surface area contributed by atoms with Crippen LogP contribution in [0.15, 0.2) is 5.16 Å². The van der Waals surface area contributed by atoms with Crippen LogP contribution in [0.25, 0.3) is 0 Å². The van der Waals surface area contributed by atoms with Crippen LogP contribution in [0.2, 0.25) is 0 Å². The number of nitrogens with one attached hydrogen (secondary N) is 1. The van der Waals surface area contributed by atoms with Gasteiger partial charge in [-0.15, -0.1) is 0 Å². The van der Waals surface area contributed by atoms with Gasteiger partial charge in [0, 0.05) is 5.41 Å². The summed E-state index contributed by atoms with van der Waals surface area (Å²) >= 11 is 0. The second kappa shape index (κ2) is 6.24. The Hall–Kier alpha value is -0.770. The Morgan fingerprint density at radius 2 is 2.12 bits per heavy atom. The first-order valence-electron chi connectivity index (χ1n) is 6.66. The largest absolute Gasteiger partial charge is 0.409 e. The summed E-state index contributed by atoms with van der Waals surface area (Å²) in [4.78, 5) is 0. The Bertz CT molecular complexity index is 263. The number of oxime groups is 1. The van der Waals surface area contributed by atoms with Crippen molar-refractivity contribution in [2.75, 3.05) is 13.1 Å². The number of hydrogen-bond donors (Lipinski definition) is 3. The minimum absolute atomic E-state index is 0.195. The van der Waals surface area contributed by atoms with E-state index >= 15 is 0 Å². The van der Waals surface area contributed by atoms with Crippen molar-refractivity contribution < 1.29 is 5.21 Å². The summed E-state index contributed by atoms with van der Waals surface area (Å²) in [7, 11) is 0. The molecule has 1 fully saturated rings. The first-order valence-corrected chi connectivity index (χ1v) is 6.66. The first kappa shape index (κ1) is 14.3. The van der Waals surface area contributed by atoms with E-state index in [1.54, 1.807) is 0 Å². The standard InChI is InChI=1S/C13H27N3O/c1-10-8-11(10)9-15-7-5-4-6-13(2,3)12(14)16-17/h10-11,15,17H,4-9H2,1-3H3,(H2,14,16). The Morgan fingerprint density at radius 3 is 2.65 bits per heavy atom. The molecule has 0 spiro atoms. The first-order chi connectivity index (χ1) is 7.97. The van der Waals surface area contributed by atoms with Crippen molar-refractivity contribution in [3.63, 3.8) is 0 Å². The molecule has 100 valence electrons. The van der Waals surface area contributed by atoms with E-state index in [2.05, 4.69) is 17.4 Å². The van der Waals surface area contributed by atoms with Gasteiger partial charge in [-0.25, -0.2) is 0 Å². The van der Waals surface area contributed by atoms with Crippen LogP contribution < -0.4 is 11.1 Å². The van der Waals surface area contributed by atoms with Crippen molar-refractivity contribution >= 4 is 5.84 Å². The molecule has 0 aromatic rings. The van der Waals surface area contributed by atoms with Crippen molar-refractivity contribution in [3.05, 3.63) is 0 Å². The molecule has 1 saturated carbocycles. The molecule has 0 heterocycles. The van der Waals surface area contributed by atoms with E-state index < -0.39 is 0 Å². The predicted octanol–water partition coefficient (Wildman–Crippen LogP) is 2.17. The highest BCUT2D eigenvalue weighted by atomic mass is 16.4. The molecule has 0 bridgehead atoms. The molecule has 17 heavy (non-hydrogen) atoms. The van der Waals surface area contributed by atoms with Gasteiger partial charge in [0.2, 0.25) is 0 Å². The fourth-order valence-corrected chi connectivity index (χ4v) is 2.05. The lowest BCUT2D eigenvalue weighted by atomic mass is 9.86. The van der Waals surface area contributed by atoms with Crippen LogP contribution in [0.5, 0.6) is 0 Å². The molecule has 0 radical (unpaired) electrons. The van der Waals surface area contributed by atoms with Crippen LogP contribution in [0.1, 0.15) is 46.5 Å². The fraction of sp³-hybridized carbons (Fsp3) is 0.923. The van der Waals surface area contributed by atoms with Crippen molar-refractivity contribution in [1.29, 1.82) is 0 Å². The smallest absolute Gasteiger partial charge is 0.144 e. The van der Waals surface area contributed by atoms with Gasteiger partial charge in [-0.2, -0.15) is 0 Å². The third kappa shape index (κ3) is 4.94. The van der Waals surface area contributed by atoms with Gasteiger partial charge in [0.1, 0.15) is 5.84 Å². The average Bonchev–Trinajstić information content (AvgIpc) is 2.98. The summed E-state index contributed by atoms with van der Waals surface area (Å²) in [5, 5.41) is 15.2. The Balaban J connectivity index is 1.99. The number of nitrogens with two attached hydrogens (primary N) is 1. The minimum atomic E-state index is -0.195. The highest BCUT2D eigenvalue weighted by Crippen LogP contribution is 2.36. The molecular formula is C13H27N3O. The lowest BCUT2D eigenvalue weighted by molar-refractivity contribution is 0.304. The molecule has 1 aliphatic rings. The molecule has 0 amide bonds. The molecule has 1 aliphatic carbocycles. The van der Waals surface area contributed by atoms with Gasteiger partial charge in [0.25, 0.3) is 0 Å². The van der Waals surface area contributed by atoms with Crippen LogP contribution in [0.4, 0.5) is 0 Å². The maximum atomic E-state index is 8.65. The van der Waals surface area contributed by atoms with Gasteiger partial charge in [-0.1, -0.05) is 32.3 Å². The van der Waals surface area contributed by atoms with Gasteiger partial charge >= 0.3 is 0 Å². The summed E-state index contributed by atoms with van der Waals surface area (Å²) in [6.45, 7) is 8.59. The number of hydrogen-bond acceptors (Lipinski definition) is 3. The maximum absolute atomic E-state index is 8.65. The van der Waals surface area contributed by atoms with Gasteiger partial charge in [-0.05, 0) is 44.2 Å². The van der Waals surface area contributed by atoms with Crippen LogP contribution in [0, 0.1) is 17.3 Å². The van der Waals surface area contributed by atoms with E-state index in [4.69, 9.17) is 10.9 Å². The summed E-state index contributed by atoms with van der Waals surface area (Å²) < 4.78 is 0. The molecule has 0 aliphatic heterocycles. The third-order valence-electron chi connectivity index (χ3n) is 3.89. The molecule has 2 atom stereocenters. The SMILES string of the molecule is CC1CC1CNCCCCC(C)(C)C(N)=NO. The zero-order valence-electron chi connectivity index (χ0n) is 11.4. The molecule has 0 aromatic heterocycles. The molecule has 2 unspecified atom stereocenters. The van der Waals surface area contributed by atoms with E-state index in [-0.39, 0.29) is 5.41 Å². The van der Waals surface area contributed by atoms with E-state index in [0.717, 1.165) is 37.6 Å². The second-order valence-corrected chi connectivity index (χ2v) is 6.00. The van der Waals surface area contributed by atoms with Gasteiger partial charge in [-0.3, -0.25) is 0 Å². The van der Waals surface area contributed by atoms with Crippen molar-refractivity contribution in [2.45, 2.75) is 46.5 Å². The molecule has 0 aromatic carbocycles. The number of amidine groups is 1. The summed E-state index contributed by atoms with van der Waals surface area (Å²) in [5.74, 6) is 2.18. The van der Waals surface area contributed by atoms with Crippen molar-refractivity contribution in [1.82, 2.24) is 5.32 Å². The Labute approximate surface area is 105 Å². The highest BCUT2D eigenvalue weighted by molar-refractivity contribution is 5.85. The summed E-state index contributed by atoms with van der Waals surface area (Å²) in [6, 6.07) is 0. The van der Waals surface area contributed by atoms with E-state index in [9.17, 15) is 0 Å². The van der Waals surface area contributed by atoms with Crippen molar-refractivity contribution in [2.24, 2.45) is 28.1 Å². The predicted molar refractivity (Wildman–Crippen MR) is 71.2 cm³/mol. The number of nitrogens with zero attached hydrogens (tertiary/aromatic N) is 1. The minimum Gasteiger partial charge on any atom is -0.409 e. The monoisotopic (exact) mass is 241 g/mol. The van der Waals surface area contributed by atoms with Crippen LogP contribution in [0.3, 0.4) is 0 Å². The van der Waals surface area contributed by atoms with E-state index in [1.165, 1.54) is 13.0 Å². The van der Waals surface area contributed by atoms with Gasteiger partial charge in [0.05, 0.1) is 0 Å². The van der Waals surface area contributed by atoms with Gasteiger partial charge < -0.3 is 16.3 Å². The molecule has 4 N–H and O–H groups in total. The molecule has 4 nitrogen and oxygen atoms in total. The second-order valence-electron chi connectivity index (χ2n) is 6.00. The van der Waals surface area contributed by atoms with Crippen molar-refractivity contribution in [3.8, 4) is 0 Å². The van der Waals surface area contributed by atoms with Crippen LogP contribution in [-0.2, 0) is 0 Å². The maximum Gasteiger partial charge on any atom is 0.144 e. The van der Waals surface area contributed by atoms with E-state index in [1.807, 2.05) is 13.8 Å². The third-order valence-corrected chi connectivity index (χ3v) is 3.89. The van der Waals surface area contributed by atoms with Gasteiger partial charge in [0.15, 0.2) is 0 Å². The normalized spacial score (nSPS) is 25.0. The molecular weight excluding hydrogens is 214 g/mol. The highest BCUT2D eigenvalue weighted by Gasteiger charge is 2.31. The lowest BCUT2D eigenvalue weighted by Gasteiger charge is -2.22. The van der Waals surface area contributed by atoms with Crippen LogP contribution >= 0.6 is 0 Å². The molecule has 4 heteroatoms. The fourth-order valence-electron chi connectivity index (χ4n) is 2.05. The Kier molecular flexibility index (Phi) is 5.25. The van der Waals surface area contributed by atoms with E-state index in [0.29, 0.717) is 5.84 Å². The number of unbranched alkanes of at least 4 members (excludes halogenated alkanes) is 1. The molecule has 0 saturated heterocycles. The quantitative estimate of drug-likeness (QED) is 0.200. The average molecular weight is 241 g/mol. The summed E-state index contributed by atoms with van der Waals surface area (Å²) in [5.41, 5.74) is 5.44. The van der Waals surface area contributed by atoms with Crippen LogP contribution in [-0.4, -0.2) is 24.1 Å². The number of rotatable bonds is 8.